The van der Waals surface area contributed by atoms with Gasteiger partial charge in [-0.2, -0.15) is 0 Å². The molecule has 0 aromatic carbocycles. The fourth-order valence-electron chi connectivity index (χ4n) is 3.62. The monoisotopic (exact) mass is 444 g/mol. The van der Waals surface area contributed by atoms with Crippen LogP contribution in [-0.2, 0) is 0 Å². The van der Waals surface area contributed by atoms with Crippen LogP contribution in [0.1, 0.15) is 0 Å². The smallest absolute Gasteiger partial charge is 0.126 e. The van der Waals surface area contributed by atoms with Crippen molar-refractivity contribution < 1.29 is 0 Å². The van der Waals surface area contributed by atoms with Gasteiger partial charge in [-0.15, -0.1) is 81.2 Å². The zero-order valence-electron chi connectivity index (χ0n) is 9.20. The number of hydrogen-bond donors (Lipinski definition) is 0. The van der Waals surface area contributed by atoms with E-state index in [1.165, 1.54) is 0 Å². The van der Waals surface area contributed by atoms with Crippen molar-refractivity contribution in [1.82, 2.24) is 0 Å². The largest absolute Gasteiger partial charge is 0.145 e. The van der Waals surface area contributed by atoms with E-state index >= 15 is 0 Å². The Labute approximate surface area is 157 Å². The average molecular weight is 448 g/mol. The highest BCUT2D eigenvalue weighted by Gasteiger charge is 2.85. The van der Waals surface area contributed by atoms with E-state index in [4.69, 9.17) is 104 Å². The van der Waals surface area contributed by atoms with Gasteiger partial charge in [-0.3, -0.25) is 0 Å². The molecule has 5 unspecified atom stereocenters. The molecule has 2 aliphatic rings. The van der Waals surface area contributed by atoms with E-state index in [1.807, 2.05) is 0 Å². The Morgan fingerprint density at radius 2 is 1.37 bits per heavy atom. The summed E-state index contributed by atoms with van der Waals surface area (Å²) in [6, 6.07) is 0. The van der Waals surface area contributed by atoms with E-state index in [9.17, 15) is 0 Å². The highest BCUT2D eigenvalue weighted by atomic mass is 35.5. The van der Waals surface area contributed by atoms with Gasteiger partial charge in [0.2, 0.25) is 0 Å². The van der Waals surface area contributed by atoms with Crippen LogP contribution in [0.4, 0.5) is 0 Å². The zero-order valence-corrected chi connectivity index (χ0v) is 16.0. The minimum Gasteiger partial charge on any atom is -0.126 e. The van der Waals surface area contributed by atoms with Crippen molar-refractivity contribution >= 4 is 104 Å². The van der Waals surface area contributed by atoms with E-state index in [0.717, 1.165) is 0 Å². The Morgan fingerprint density at radius 3 is 1.68 bits per heavy atom. The predicted octanol–water partition coefficient (Wildman–Crippen LogP) is 5.88. The molecule has 0 nitrogen and oxygen atoms in total. The molecule has 0 aromatic rings. The summed E-state index contributed by atoms with van der Waals surface area (Å²) in [6.45, 7) is 0. The fraction of sp³-hybridized carbons (Fsp3) is 1.00. The van der Waals surface area contributed by atoms with Gasteiger partial charge in [0.15, 0.2) is 0 Å². The summed E-state index contributed by atoms with van der Waals surface area (Å²) >= 11 is 56.9. The van der Waals surface area contributed by atoms with Gasteiger partial charge in [-0.1, -0.05) is 23.2 Å². The quantitative estimate of drug-likeness (QED) is 0.473. The summed E-state index contributed by atoms with van der Waals surface area (Å²) in [5.74, 6) is -0.134. The summed E-state index contributed by atoms with van der Waals surface area (Å²) in [4.78, 5) is -1.00. The molecule has 0 heterocycles. The predicted molar refractivity (Wildman–Crippen MR) is 88.7 cm³/mol. The maximum Gasteiger partial charge on any atom is 0.145 e. The maximum atomic E-state index is 6.47. The van der Waals surface area contributed by atoms with Crippen molar-refractivity contribution in [3.05, 3.63) is 0 Å². The van der Waals surface area contributed by atoms with E-state index in [-0.39, 0.29) is 17.7 Å². The van der Waals surface area contributed by atoms with Crippen LogP contribution in [0, 0.1) is 16.7 Å². The van der Waals surface area contributed by atoms with E-state index in [0.29, 0.717) is 0 Å². The average Bonchev–Trinajstić information content (AvgIpc) is 2.63. The molecule has 0 N–H and O–H groups in total. The highest BCUT2D eigenvalue weighted by molar-refractivity contribution is 6.57. The second kappa shape index (κ2) is 5.60. The van der Waals surface area contributed by atoms with Gasteiger partial charge in [0.1, 0.15) is 9.17 Å². The first-order chi connectivity index (χ1) is 8.66. The molecular formula is C10H9Cl9. The molecule has 5 atom stereocenters. The normalized spacial score (nSPS) is 47.1. The zero-order chi connectivity index (χ0) is 14.8. The molecule has 2 aliphatic carbocycles. The number of fused-ring (bicyclic) bond motifs is 2. The minimum absolute atomic E-state index is 0.119. The van der Waals surface area contributed by atoms with Crippen LogP contribution in [0.3, 0.4) is 0 Å². The van der Waals surface area contributed by atoms with Crippen LogP contribution < -0.4 is 0 Å². The summed E-state index contributed by atoms with van der Waals surface area (Å²) in [5, 5.41) is -1.88. The lowest BCUT2D eigenvalue weighted by molar-refractivity contribution is 0.148. The Hall–Kier alpha value is 2.61. The lowest BCUT2D eigenvalue weighted by Gasteiger charge is -2.49. The Morgan fingerprint density at radius 1 is 0.895 bits per heavy atom. The number of alkyl halides is 9. The van der Waals surface area contributed by atoms with Gasteiger partial charge in [-0.25, -0.2) is 0 Å². The standard InChI is InChI=1S/C10H9Cl9/c11-1-8(2-12)3-4(13)6(15)9(8,7(16)17)10(18,19)5(3)14/h3-7H,1-2H2. The molecule has 0 radical (unpaired) electrons. The van der Waals surface area contributed by atoms with Crippen LogP contribution in [0.25, 0.3) is 0 Å². The maximum absolute atomic E-state index is 6.47. The number of halogens is 9. The molecule has 2 bridgehead atoms. The molecule has 19 heavy (non-hydrogen) atoms. The van der Waals surface area contributed by atoms with Crippen LogP contribution >= 0.6 is 104 Å². The first kappa shape index (κ1) is 18.0. The second-order valence-electron chi connectivity index (χ2n) is 4.99. The van der Waals surface area contributed by atoms with Crippen LogP contribution in [-0.4, -0.2) is 37.1 Å². The van der Waals surface area contributed by atoms with Crippen molar-refractivity contribution in [3.63, 3.8) is 0 Å². The number of hydrogen-bond acceptors (Lipinski definition) is 0. The molecule has 2 rings (SSSR count). The van der Waals surface area contributed by atoms with Crippen LogP contribution in [0.2, 0.25) is 0 Å². The molecule has 0 saturated heterocycles. The summed E-state index contributed by atoms with van der Waals surface area (Å²) < 4.78 is -1.46. The van der Waals surface area contributed by atoms with Gasteiger partial charge in [0.05, 0.1) is 21.5 Å². The van der Waals surface area contributed by atoms with E-state index < -0.39 is 36.1 Å². The molecule has 2 fully saturated rings. The van der Waals surface area contributed by atoms with Crippen molar-refractivity contribution in [2.45, 2.75) is 25.3 Å². The van der Waals surface area contributed by atoms with Gasteiger partial charge in [0.25, 0.3) is 0 Å². The molecule has 9 heteroatoms. The molecule has 2 saturated carbocycles. The topological polar surface area (TPSA) is 0 Å². The van der Waals surface area contributed by atoms with Gasteiger partial charge in [-0.05, 0) is 0 Å². The Kier molecular flexibility index (Phi) is 5.30. The van der Waals surface area contributed by atoms with Crippen molar-refractivity contribution in [2.75, 3.05) is 11.8 Å². The lowest BCUT2D eigenvalue weighted by Crippen LogP contribution is -2.59. The number of rotatable bonds is 3. The third kappa shape index (κ3) is 1.82. The molecule has 112 valence electrons. The molecule has 0 spiro atoms. The fourth-order valence-corrected chi connectivity index (χ4v) is 9.23. The van der Waals surface area contributed by atoms with Crippen LogP contribution in [0.5, 0.6) is 0 Å². The van der Waals surface area contributed by atoms with Crippen molar-refractivity contribution in [3.8, 4) is 0 Å². The highest BCUT2D eigenvalue weighted by Crippen LogP contribution is 2.79. The third-order valence-corrected chi connectivity index (χ3v) is 9.38. The van der Waals surface area contributed by atoms with Gasteiger partial charge < -0.3 is 0 Å². The van der Waals surface area contributed by atoms with Gasteiger partial charge >= 0.3 is 0 Å². The summed E-state index contributed by atoms with van der Waals surface area (Å²) in [5.41, 5.74) is -2.00. The molecule has 0 amide bonds. The van der Waals surface area contributed by atoms with Crippen molar-refractivity contribution in [2.24, 2.45) is 16.7 Å². The van der Waals surface area contributed by atoms with Crippen molar-refractivity contribution in [1.29, 1.82) is 0 Å². The first-order valence-corrected chi connectivity index (χ1v) is 9.37. The third-order valence-electron chi connectivity index (χ3n) is 4.55. The van der Waals surface area contributed by atoms with E-state index in [2.05, 4.69) is 0 Å². The molecular weight excluding hydrogens is 439 g/mol. The molecule has 0 aromatic heterocycles. The molecule has 0 aliphatic heterocycles. The SMILES string of the molecule is ClCC1(CCl)C2C(Cl)C(Cl)C1(C(Cl)Cl)C(Cl)(Cl)C2Cl. The van der Waals surface area contributed by atoms with Gasteiger partial charge in [0, 0.05) is 23.1 Å². The Balaban J connectivity index is 2.76. The van der Waals surface area contributed by atoms with E-state index in [1.54, 1.807) is 0 Å². The lowest BCUT2D eigenvalue weighted by atomic mass is 9.69. The summed E-state index contributed by atoms with van der Waals surface area (Å²) in [6.07, 6.45) is 0. The summed E-state index contributed by atoms with van der Waals surface area (Å²) in [7, 11) is 0. The minimum atomic E-state index is -1.46. The Bertz CT molecular complexity index is 366. The first-order valence-electron chi connectivity index (χ1n) is 5.37. The van der Waals surface area contributed by atoms with Crippen LogP contribution in [0.15, 0.2) is 0 Å². The second-order valence-corrected chi connectivity index (χ2v) is 9.45.